The van der Waals surface area contributed by atoms with Gasteiger partial charge >= 0.3 is 6.18 Å². The van der Waals surface area contributed by atoms with Crippen LogP contribution in [-0.2, 0) is 6.18 Å². The Balaban J connectivity index is 1.84. The fourth-order valence-corrected chi connectivity index (χ4v) is 2.46. The molecule has 0 saturated heterocycles. The molecule has 0 saturated carbocycles. The van der Waals surface area contributed by atoms with Crippen LogP contribution in [0.4, 0.5) is 23.4 Å². The summed E-state index contributed by atoms with van der Waals surface area (Å²) in [4.78, 5) is 0. The van der Waals surface area contributed by atoms with Gasteiger partial charge in [-0.05, 0) is 29.7 Å². The van der Waals surface area contributed by atoms with Crippen LogP contribution in [0.5, 0.6) is 5.75 Å². The van der Waals surface area contributed by atoms with Gasteiger partial charge in [0.15, 0.2) is 17.2 Å². The summed E-state index contributed by atoms with van der Waals surface area (Å²) in [6.45, 7) is 5.86. The van der Waals surface area contributed by atoms with Gasteiger partial charge in [-0.3, -0.25) is 0 Å². The zero-order valence-corrected chi connectivity index (χ0v) is 15.5. The van der Waals surface area contributed by atoms with Crippen molar-refractivity contribution in [3.63, 3.8) is 0 Å². The lowest BCUT2D eigenvalue weighted by atomic mass is 9.87. The van der Waals surface area contributed by atoms with Gasteiger partial charge in [-0.1, -0.05) is 32.9 Å². The third kappa shape index (κ3) is 4.32. The number of ether oxygens (including phenoxy) is 1. The predicted octanol–water partition coefficient (Wildman–Crippen LogP) is 4.19. The van der Waals surface area contributed by atoms with Crippen LogP contribution in [0.1, 0.15) is 26.6 Å². The topological polar surface area (TPSA) is 64.3 Å². The van der Waals surface area contributed by atoms with Crippen molar-refractivity contribution in [1.29, 1.82) is 0 Å². The number of alkyl halides is 3. The predicted molar refractivity (Wildman–Crippen MR) is 94.5 cm³/mol. The van der Waals surface area contributed by atoms with Gasteiger partial charge in [-0.15, -0.1) is 15.3 Å². The number of para-hydroxylation sites is 1. The van der Waals surface area contributed by atoms with E-state index in [2.05, 4.69) is 20.6 Å². The number of nitrogens with zero attached hydrogens (tertiary/aromatic N) is 4. The van der Waals surface area contributed by atoms with E-state index < -0.39 is 17.8 Å². The Morgan fingerprint density at radius 3 is 2.43 bits per heavy atom. The molecular weight excluding hydrogens is 378 g/mol. The first kappa shape index (κ1) is 19.8. The molecule has 2 heterocycles. The largest absolute Gasteiger partial charge is 0.488 e. The van der Waals surface area contributed by atoms with Crippen molar-refractivity contribution in [1.82, 2.24) is 19.8 Å². The molecule has 0 aliphatic heterocycles. The highest BCUT2D eigenvalue weighted by Gasteiger charge is 2.37. The van der Waals surface area contributed by atoms with Crippen molar-refractivity contribution in [2.75, 3.05) is 11.9 Å². The number of halogens is 4. The zero-order valence-electron chi connectivity index (χ0n) is 15.5. The van der Waals surface area contributed by atoms with Crippen molar-refractivity contribution in [3.05, 3.63) is 48.0 Å². The van der Waals surface area contributed by atoms with Crippen LogP contribution < -0.4 is 10.1 Å². The minimum absolute atomic E-state index is 0.0206. The van der Waals surface area contributed by atoms with Gasteiger partial charge in [0.05, 0.1) is 6.04 Å². The maximum Gasteiger partial charge on any atom is 0.453 e. The van der Waals surface area contributed by atoms with Crippen molar-refractivity contribution < 1.29 is 22.3 Å². The molecule has 0 amide bonds. The molecule has 0 aliphatic rings. The molecule has 1 N–H and O–H groups in total. The smallest absolute Gasteiger partial charge is 0.453 e. The molecule has 1 atom stereocenters. The summed E-state index contributed by atoms with van der Waals surface area (Å²) in [5.41, 5.74) is -0.380. The number of anilines is 1. The molecule has 0 bridgehead atoms. The van der Waals surface area contributed by atoms with Gasteiger partial charge in [-0.2, -0.15) is 17.7 Å². The quantitative estimate of drug-likeness (QED) is 0.654. The van der Waals surface area contributed by atoms with E-state index in [1.165, 1.54) is 24.3 Å². The molecule has 2 aromatic heterocycles. The number of nitrogens with one attached hydrogen (secondary N) is 1. The summed E-state index contributed by atoms with van der Waals surface area (Å²) in [5, 5.41) is 13.7. The van der Waals surface area contributed by atoms with Crippen LogP contribution in [0.2, 0.25) is 0 Å². The molecule has 10 heteroatoms. The van der Waals surface area contributed by atoms with Gasteiger partial charge in [0.25, 0.3) is 5.82 Å². The second kappa shape index (κ2) is 7.25. The minimum atomic E-state index is -4.68. The number of aromatic nitrogens is 4. The van der Waals surface area contributed by atoms with E-state index in [0.29, 0.717) is 4.52 Å². The van der Waals surface area contributed by atoms with Crippen LogP contribution in [0.3, 0.4) is 0 Å². The molecule has 0 spiro atoms. The lowest BCUT2D eigenvalue weighted by Gasteiger charge is -2.31. The van der Waals surface area contributed by atoms with Crippen molar-refractivity contribution >= 4 is 11.5 Å². The Bertz CT molecular complexity index is 964. The van der Waals surface area contributed by atoms with Crippen molar-refractivity contribution in [2.24, 2.45) is 5.41 Å². The first-order valence-corrected chi connectivity index (χ1v) is 8.49. The Morgan fingerprint density at radius 1 is 1.07 bits per heavy atom. The SMILES string of the molecule is CC(C)(C)C(COc1ccccc1F)Nc1ccc2nnc(C(F)(F)F)n2n1. The first-order chi connectivity index (χ1) is 13.1. The Morgan fingerprint density at radius 2 is 1.79 bits per heavy atom. The summed E-state index contributed by atoms with van der Waals surface area (Å²) in [5.74, 6) is -1.41. The van der Waals surface area contributed by atoms with Gasteiger partial charge < -0.3 is 10.1 Å². The number of fused-ring (bicyclic) bond motifs is 1. The average molecular weight is 397 g/mol. The standard InChI is InChI=1S/C18H19F4N5O/c1-17(2,3)13(10-28-12-7-5-4-6-11(12)19)23-14-8-9-15-24-25-16(18(20,21)22)27(15)26-14/h4-9,13H,10H2,1-3H3,(H,23,26). The Kier molecular flexibility index (Phi) is 5.14. The molecule has 1 aromatic carbocycles. The summed E-state index contributed by atoms with van der Waals surface area (Å²) >= 11 is 0. The third-order valence-electron chi connectivity index (χ3n) is 4.13. The molecule has 150 valence electrons. The Labute approximate surface area is 158 Å². The normalized spacial score (nSPS) is 13.5. The molecule has 6 nitrogen and oxygen atoms in total. The maximum absolute atomic E-state index is 13.8. The molecular formula is C18H19F4N5O. The van der Waals surface area contributed by atoms with Crippen LogP contribution >= 0.6 is 0 Å². The molecule has 28 heavy (non-hydrogen) atoms. The van der Waals surface area contributed by atoms with Gasteiger partial charge in [-0.25, -0.2) is 4.39 Å². The monoisotopic (exact) mass is 397 g/mol. The molecule has 0 fully saturated rings. The zero-order chi connectivity index (χ0) is 20.5. The molecule has 3 rings (SSSR count). The van der Waals surface area contributed by atoms with Crippen molar-refractivity contribution in [3.8, 4) is 5.75 Å². The summed E-state index contributed by atoms with van der Waals surface area (Å²) in [6, 6.07) is 8.52. The average Bonchev–Trinajstić information content (AvgIpc) is 3.02. The first-order valence-electron chi connectivity index (χ1n) is 8.49. The highest BCUT2D eigenvalue weighted by atomic mass is 19.4. The lowest BCUT2D eigenvalue weighted by molar-refractivity contribution is -0.146. The van der Waals surface area contributed by atoms with E-state index in [1.807, 2.05) is 20.8 Å². The Hall–Kier alpha value is -2.91. The van der Waals surface area contributed by atoms with Gasteiger partial charge in [0.2, 0.25) is 0 Å². The third-order valence-corrected chi connectivity index (χ3v) is 4.13. The van der Waals surface area contributed by atoms with E-state index in [-0.39, 0.29) is 35.3 Å². The van der Waals surface area contributed by atoms with E-state index in [1.54, 1.807) is 12.1 Å². The number of benzene rings is 1. The van der Waals surface area contributed by atoms with E-state index in [4.69, 9.17) is 4.74 Å². The summed E-state index contributed by atoms with van der Waals surface area (Å²) in [6.07, 6.45) is -4.68. The van der Waals surface area contributed by atoms with Crippen LogP contribution in [0.25, 0.3) is 5.65 Å². The molecule has 0 aliphatic carbocycles. The van der Waals surface area contributed by atoms with Crippen molar-refractivity contribution in [2.45, 2.75) is 33.0 Å². The molecule has 0 radical (unpaired) electrons. The highest BCUT2D eigenvalue weighted by Crippen LogP contribution is 2.28. The summed E-state index contributed by atoms with van der Waals surface area (Å²) in [7, 11) is 0. The van der Waals surface area contributed by atoms with E-state index in [0.717, 1.165) is 0 Å². The highest BCUT2D eigenvalue weighted by molar-refractivity contribution is 5.45. The lowest BCUT2D eigenvalue weighted by Crippen LogP contribution is -2.39. The van der Waals surface area contributed by atoms with E-state index >= 15 is 0 Å². The number of hydrogen-bond acceptors (Lipinski definition) is 5. The maximum atomic E-state index is 13.8. The van der Waals surface area contributed by atoms with Crippen LogP contribution in [-0.4, -0.2) is 32.5 Å². The van der Waals surface area contributed by atoms with Crippen LogP contribution in [0.15, 0.2) is 36.4 Å². The van der Waals surface area contributed by atoms with E-state index in [9.17, 15) is 17.6 Å². The number of rotatable bonds is 5. The molecule has 1 unspecified atom stereocenters. The van der Waals surface area contributed by atoms with Crippen LogP contribution in [0, 0.1) is 11.2 Å². The number of hydrogen-bond donors (Lipinski definition) is 1. The second-order valence-corrected chi connectivity index (χ2v) is 7.31. The second-order valence-electron chi connectivity index (χ2n) is 7.31. The summed E-state index contributed by atoms with van der Waals surface area (Å²) < 4.78 is 59.1. The molecule has 3 aromatic rings. The minimum Gasteiger partial charge on any atom is -0.488 e. The van der Waals surface area contributed by atoms with Gasteiger partial charge in [0, 0.05) is 0 Å². The fraction of sp³-hybridized carbons (Fsp3) is 0.389. The van der Waals surface area contributed by atoms with Gasteiger partial charge in [0.1, 0.15) is 12.4 Å². The fourth-order valence-electron chi connectivity index (χ4n) is 2.46.